The average molecular weight is 232 g/mol. The maximum atomic E-state index is 13.4. The number of fused-ring (bicyclic) bond motifs is 3. The van der Waals surface area contributed by atoms with Crippen molar-refractivity contribution < 1.29 is 9.13 Å². The summed E-state index contributed by atoms with van der Waals surface area (Å²) in [5, 5.41) is 1.23. The van der Waals surface area contributed by atoms with Crippen LogP contribution in [-0.4, -0.2) is 22.1 Å². The van der Waals surface area contributed by atoms with E-state index in [0.717, 1.165) is 0 Å². The van der Waals surface area contributed by atoms with Crippen molar-refractivity contribution in [1.82, 2.24) is 15.0 Å². The van der Waals surface area contributed by atoms with Gasteiger partial charge in [-0.2, -0.15) is 0 Å². The van der Waals surface area contributed by atoms with Crippen LogP contribution in [0.25, 0.3) is 21.9 Å². The van der Waals surface area contributed by atoms with Crippen LogP contribution >= 0.6 is 0 Å². The van der Waals surface area contributed by atoms with E-state index in [4.69, 9.17) is 10.5 Å². The molecular weight excluding hydrogens is 223 g/mol. The first-order valence-electron chi connectivity index (χ1n) is 4.96. The minimum Gasteiger partial charge on any atom is -0.494 e. The van der Waals surface area contributed by atoms with Crippen LogP contribution in [0.4, 0.5) is 10.2 Å². The molecule has 86 valence electrons. The lowest BCUT2D eigenvalue weighted by Gasteiger charge is -2.01. The standard InChI is InChI=1S/C11H9FN4O/c1-17-7-3-5(12)2-6-8-10(13)14-4-15-11(8)16-9(6)7/h2-4H,1H3,(H3,13,14,15,16). The van der Waals surface area contributed by atoms with E-state index >= 15 is 0 Å². The minimum atomic E-state index is -0.390. The molecule has 0 aliphatic carbocycles. The Morgan fingerprint density at radius 3 is 2.94 bits per heavy atom. The molecule has 2 heterocycles. The Hall–Kier alpha value is -2.37. The van der Waals surface area contributed by atoms with Gasteiger partial charge in [-0.15, -0.1) is 0 Å². The number of nitrogen functional groups attached to an aromatic ring is 1. The molecule has 0 amide bonds. The van der Waals surface area contributed by atoms with Gasteiger partial charge in [0, 0.05) is 11.5 Å². The summed E-state index contributed by atoms with van der Waals surface area (Å²) in [6, 6.07) is 2.69. The van der Waals surface area contributed by atoms with E-state index in [-0.39, 0.29) is 0 Å². The van der Waals surface area contributed by atoms with Crippen LogP contribution < -0.4 is 10.5 Å². The zero-order valence-electron chi connectivity index (χ0n) is 8.99. The highest BCUT2D eigenvalue weighted by atomic mass is 19.1. The molecular formula is C11H9FN4O. The lowest BCUT2D eigenvalue weighted by atomic mass is 10.2. The van der Waals surface area contributed by atoms with Gasteiger partial charge in [-0.3, -0.25) is 0 Å². The summed E-state index contributed by atoms with van der Waals surface area (Å²) in [6.07, 6.45) is 1.36. The molecule has 0 saturated carbocycles. The summed E-state index contributed by atoms with van der Waals surface area (Å²) in [7, 11) is 1.48. The number of halogens is 1. The van der Waals surface area contributed by atoms with Gasteiger partial charge in [-0.05, 0) is 6.07 Å². The van der Waals surface area contributed by atoms with Crippen molar-refractivity contribution in [3.63, 3.8) is 0 Å². The van der Waals surface area contributed by atoms with Crippen molar-refractivity contribution in [3.8, 4) is 5.75 Å². The third kappa shape index (κ3) is 1.30. The summed E-state index contributed by atoms with van der Waals surface area (Å²) < 4.78 is 18.6. The van der Waals surface area contributed by atoms with Crippen LogP contribution in [0, 0.1) is 5.82 Å². The maximum Gasteiger partial charge on any atom is 0.145 e. The largest absolute Gasteiger partial charge is 0.494 e. The highest BCUT2D eigenvalue weighted by Crippen LogP contribution is 2.33. The smallest absolute Gasteiger partial charge is 0.145 e. The van der Waals surface area contributed by atoms with Gasteiger partial charge in [-0.25, -0.2) is 14.4 Å². The van der Waals surface area contributed by atoms with Gasteiger partial charge in [0.2, 0.25) is 0 Å². The Balaban J connectivity index is 2.57. The molecule has 0 atom stereocenters. The third-order valence-corrected chi connectivity index (χ3v) is 2.68. The molecule has 3 aromatic rings. The van der Waals surface area contributed by atoms with Gasteiger partial charge in [0.05, 0.1) is 18.0 Å². The fourth-order valence-corrected chi connectivity index (χ4v) is 1.95. The fourth-order valence-electron chi connectivity index (χ4n) is 1.95. The maximum absolute atomic E-state index is 13.4. The van der Waals surface area contributed by atoms with E-state index < -0.39 is 5.82 Å². The molecule has 0 fully saturated rings. The number of anilines is 1. The number of H-pyrrole nitrogens is 1. The molecule has 5 nitrogen and oxygen atoms in total. The predicted molar refractivity (Wildman–Crippen MR) is 62.3 cm³/mol. The van der Waals surface area contributed by atoms with Crippen LogP contribution in [0.1, 0.15) is 0 Å². The molecule has 17 heavy (non-hydrogen) atoms. The van der Waals surface area contributed by atoms with Gasteiger partial charge in [-0.1, -0.05) is 0 Å². The van der Waals surface area contributed by atoms with Gasteiger partial charge < -0.3 is 15.5 Å². The highest BCUT2D eigenvalue weighted by molar-refractivity contribution is 6.12. The van der Waals surface area contributed by atoms with Crippen LogP contribution in [-0.2, 0) is 0 Å². The Bertz CT molecular complexity index is 722. The Morgan fingerprint density at radius 1 is 1.35 bits per heavy atom. The number of benzene rings is 1. The van der Waals surface area contributed by atoms with Crippen molar-refractivity contribution in [2.45, 2.75) is 0 Å². The number of hydrogen-bond acceptors (Lipinski definition) is 4. The van der Waals surface area contributed by atoms with Crippen LogP contribution in [0.2, 0.25) is 0 Å². The van der Waals surface area contributed by atoms with Crippen molar-refractivity contribution in [1.29, 1.82) is 0 Å². The quantitative estimate of drug-likeness (QED) is 0.671. The molecule has 6 heteroatoms. The number of nitrogens with two attached hydrogens (primary N) is 1. The van der Waals surface area contributed by atoms with Gasteiger partial charge >= 0.3 is 0 Å². The van der Waals surface area contributed by atoms with Gasteiger partial charge in [0.1, 0.15) is 29.4 Å². The zero-order chi connectivity index (χ0) is 12.0. The molecule has 0 spiro atoms. The second-order valence-corrected chi connectivity index (χ2v) is 3.64. The normalized spacial score (nSPS) is 11.2. The molecule has 0 aliphatic rings. The van der Waals surface area contributed by atoms with Crippen LogP contribution in [0.15, 0.2) is 18.5 Å². The molecule has 2 aromatic heterocycles. The van der Waals surface area contributed by atoms with E-state index in [0.29, 0.717) is 33.5 Å². The molecule has 1 aromatic carbocycles. The van der Waals surface area contributed by atoms with E-state index in [1.54, 1.807) is 0 Å². The summed E-state index contributed by atoms with van der Waals surface area (Å²) >= 11 is 0. The van der Waals surface area contributed by atoms with Gasteiger partial charge in [0.15, 0.2) is 0 Å². The zero-order valence-corrected chi connectivity index (χ0v) is 8.99. The number of methoxy groups -OCH3 is 1. The molecule has 0 saturated heterocycles. The molecule has 0 unspecified atom stereocenters. The molecule has 3 N–H and O–H groups in total. The molecule has 0 radical (unpaired) electrons. The second kappa shape index (κ2) is 3.31. The van der Waals surface area contributed by atoms with E-state index in [9.17, 15) is 4.39 Å². The molecule has 0 bridgehead atoms. The molecule has 0 aliphatic heterocycles. The van der Waals surface area contributed by atoms with E-state index in [1.807, 2.05) is 0 Å². The van der Waals surface area contributed by atoms with Crippen molar-refractivity contribution in [2.75, 3.05) is 12.8 Å². The van der Waals surface area contributed by atoms with Crippen LogP contribution in [0.3, 0.4) is 0 Å². The lowest BCUT2D eigenvalue weighted by molar-refractivity contribution is 0.416. The number of hydrogen-bond donors (Lipinski definition) is 2. The van der Waals surface area contributed by atoms with Crippen molar-refractivity contribution in [3.05, 3.63) is 24.3 Å². The number of nitrogens with one attached hydrogen (secondary N) is 1. The first-order valence-corrected chi connectivity index (χ1v) is 4.96. The fraction of sp³-hybridized carbons (Fsp3) is 0.0909. The molecule has 3 rings (SSSR count). The van der Waals surface area contributed by atoms with E-state index in [2.05, 4.69) is 15.0 Å². The number of aromatic amines is 1. The van der Waals surface area contributed by atoms with E-state index in [1.165, 1.54) is 25.6 Å². The topological polar surface area (TPSA) is 76.8 Å². The van der Waals surface area contributed by atoms with Crippen molar-refractivity contribution >= 4 is 27.8 Å². The minimum absolute atomic E-state index is 0.314. The predicted octanol–water partition coefficient (Wildman–Crippen LogP) is 1.84. The number of rotatable bonds is 1. The monoisotopic (exact) mass is 232 g/mol. The SMILES string of the molecule is COc1cc(F)cc2c1[nH]c1ncnc(N)c12. The summed E-state index contributed by atoms with van der Waals surface area (Å²) in [6.45, 7) is 0. The lowest BCUT2D eigenvalue weighted by Crippen LogP contribution is -1.91. The third-order valence-electron chi connectivity index (χ3n) is 2.68. The highest BCUT2D eigenvalue weighted by Gasteiger charge is 2.13. The summed E-state index contributed by atoms with van der Waals surface area (Å²) in [4.78, 5) is 11.0. The van der Waals surface area contributed by atoms with Gasteiger partial charge in [0.25, 0.3) is 0 Å². The van der Waals surface area contributed by atoms with Crippen LogP contribution in [0.5, 0.6) is 5.75 Å². The number of nitrogens with zero attached hydrogens (tertiary/aromatic N) is 2. The number of aromatic nitrogens is 3. The Kier molecular flexibility index (Phi) is 1.91. The first kappa shape index (κ1) is 9.83. The Morgan fingerprint density at radius 2 is 2.18 bits per heavy atom. The van der Waals surface area contributed by atoms with Crippen molar-refractivity contribution in [2.24, 2.45) is 0 Å². The first-order chi connectivity index (χ1) is 8.20. The number of ether oxygens (including phenoxy) is 1. The Labute approximate surface area is 95.4 Å². The average Bonchev–Trinajstić information content (AvgIpc) is 2.67. The summed E-state index contributed by atoms with van der Waals surface area (Å²) in [5.41, 5.74) is 7.00. The second-order valence-electron chi connectivity index (χ2n) is 3.64. The summed E-state index contributed by atoms with van der Waals surface area (Å²) in [5.74, 6) is 0.338.